The summed E-state index contributed by atoms with van der Waals surface area (Å²) in [6.07, 6.45) is 1.86. The van der Waals surface area contributed by atoms with Crippen LogP contribution in [0.2, 0.25) is 0 Å². The number of benzene rings is 1. The molecule has 0 amide bonds. The molecule has 0 saturated carbocycles. The number of nitrogen functional groups attached to an aromatic ring is 1. The lowest BCUT2D eigenvalue weighted by molar-refractivity contribution is -0.383. The maximum absolute atomic E-state index is 10.7. The Morgan fingerprint density at radius 3 is 2.83 bits per heavy atom. The Hall–Kier alpha value is -2.34. The lowest BCUT2D eigenvalue weighted by Gasteiger charge is -2.09. The van der Waals surface area contributed by atoms with Crippen LogP contribution in [0.5, 0.6) is 0 Å². The van der Waals surface area contributed by atoms with Crippen molar-refractivity contribution in [2.45, 2.75) is 6.61 Å². The zero-order chi connectivity index (χ0) is 13.1. The molecule has 0 spiro atoms. The van der Waals surface area contributed by atoms with Gasteiger partial charge < -0.3 is 15.0 Å². The van der Waals surface area contributed by atoms with Gasteiger partial charge in [0.25, 0.3) is 5.69 Å². The minimum atomic E-state index is -0.495. The highest BCUT2D eigenvalue weighted by Crippen LogP contribution is 2.25. The predicted octanol–water partition coefficient (Wildman–Crippen LogP) is 2.11. The first kappa shape index (κ1) is 12.1. The molecule has 0 radical (unpaired) electrons. The van der Waals surface area contributed by atoms with Crippen LogP contribution in [0.25, 0.3) is 5.69 Å². The average Bonchev–Trinajstić information content (AvgIpc) is 2.77. The molecule has 1 aromatic carbocycles. The van der Waals surface area contributed by atoms with Crippen molar-refractivity contribution >= 4 is 11.4 Å². The Morgan fingerprint density at radius 1 is 1.44 bits per heavy atom. The van der Waals surface area contributed by atoms with Crippen molar-refractivity contribution in [2.75, 3.05) is 12.8 Å². The summed E-state index contributed by atoms with van der Waals surface area (Å²) in [5, 5.41) is 10.7. The summed E-state index contributed by atoms with van der Waals surface area (Å²) < 4.78 is 6.96. The number of aromatic nitrogens is 1. The third-order valence-corrected chi connectivity index (χ3v) is 2.61. The third-order valence-electron chi connectivity index (χ3n) is 2.61. The number of nitrogens with zero attached hydrogens (tertiary/aromatic N) is 2. The number of nitrogens with two attached hydrogens (primary N) is 1. The topological polar surface area (TPSA) is 83.3 Å². The predicted molar refractivity (Wildman–Crippen MR) is 67.5 cm³/mol. The molecule has 0 fully saturated rings. The number of methoxy groups -OCH3 is 1. The maximum Gasteiger partial charge on any atom is 0.292 e. The lowest BCUT2D eigenvalue weighted by atomic mass is 10.2. The number of hydrogen-bond donors (Lipinski definition) is 1. The zero-order valence-corrected chi connectivity index (χ0v) is 9.87. The van der Waals surface area contributed by atoms with Crippen LogP contribution in [0.1, 0.15) is 5.69 Å². The number of rotatable bonds is 4. The number of hydrogen-bond acceptors (Lipinski definition) is 4. The van der Waals surface area contributed by atoms with Gasteiger partial charge in [-0.25, -0.2) is 0 Å². The largest absolute Gasteiger partial charge is 0.393 e. The Balaban J connectivity index is 2.42. The van der Waals surface area contributed by atoms with Gasteiger partial charge in [0.1, 0.15) is 5.69 Å². The monoisotopic (exact) mass is 247 g/mol. The highest BCUT2D eigenvalue weighted by atomic mass is 16.6. The van der Waals surface area contributed by atoms with Crippen molar-refractivity contribution in [3.05, 3.63) is 52.3 Å². The van der Waals surface area contributed by atoms with E-state index in [9.17, 15) is 10.1 Å². The fraction of sp³-hybridized carbons (Fsp3) is 0.167. The molecule has 94 valence electrons. The van der Waals surface area contributed by atoms with Gasteiger partial charge >= 0.3 is 0 Å². The minimum Gasteiger partial charge on any atom is -0.393 e. The van der Waals surface area contributed by atoms with Gasteiger partial charge in [0.15, 0.2) is 0 Å². The van der Waals surface area contributed by atoms with Gasteiger partial charge in [-0.1, -0.05) is 0 Å². The van der Waals surface area contributed by atoms with E-state index in [1.165, 1.54) is 6.07 Å². The van der Waals surface area contributed by atoms with Crippen LogP contribution in [0.3, 0.4) is 0 Å². The van der Waals surface area contributed by atoms with Crippen LogP contribution in [-0.2, 0) is 11.3 Å². The van der Waals surface area contributed by atoms with E-state index in [4.69, 9.17) is 10.5 Å². The van der Waals surface area contributed by atoms with Crippen LogP contribution in [0.4, 0.5) is 11.4 Å². The normalized spacial score (nSPS) is 10.5. The van der Waals surface area contributed by atoms with Crippen LogP contribution in [0.15, 0.2) is 36.5 Å². The molecule has 0 aliphatic carbocycles. The molecular formula is C12H13N3O3. The van der Waals surface area contributed by atoms with E-state index >= 15 is 0 Å². The number of nitro benzene ring substituents is 1. The number of nitro groups is 1. The second kappa shape index (κ2) is 4.89. The van der Waals surface area contributed by atoms with Gasteiger partial charge in [-0.05, 0) is 24.3 Å². The van der Waals surface area contributed by atoms with Gasteiger partial charge in [0.2, 0.25) is 0 Å². The maximum atomic E-state index is 10.7. The Kier molecular flexibility index (Phi) is 3.29. The summed E-state index contributed by atoms with van der Waals surface area (Å²) in [6.45, 7) is 0.462. The molecule has 0 atom stereocenters. The average molecular weight is 247 g/mol. The summed E-state index contributed by atoms with van der Waals surface area (Å²) in [7, 11) is 1.61. The van der Waals surface area contributed by atoms with Crippen molar-refractivity contribution in [1.29, 1.82) is 0 Å². The van der Waals surface area contributed by atoms with E-state index in [0.717, 1.165) is 11.4 Å². The van der Waals surface area contributed by atoms with Gasteiger partial charge in [0, 0.05) is 30.8 Å². The van der Waals surface area contributed by atoms with Crippen molar-refractivity contribution < 1.29 is 9.66 Å². The second-order valence-corrected chi connectivity index (χ2v) is 3.80. The van der Waals surface area contributed by atoms with Gasteiger partial charge in [-0.2, -0.15) is 0 Å². The van der Waals surface area contributed by atoms with E-state index in [1.807, 2.05) is 22.9 Å². The van der Waals surface area contributed by atoms with Crippen molar-refractivity contribution in [2.24, 2.45) is 0 Å². The van der Waals surface area contributed by atoms with Crippen LogP contribution in [-0.4, -0.2) is 16.6 Å². The smallest absolute Gasteiger partial charge is 0.292 e. The van der Waals surface area contributed by atoms with Gasteiger partial charge in [0.05, 0.1) is 11.5 Å². The Bertz CT molecular complexity index is 578. The summed E-state index contributed by atoms with van der Waals surface area (Å²) in [4.78, 5) is 10.2. The standard InChI is InChI=1S/C12H13N3O3/c1-18-8-10-3-2-6-14(10)9-4-5-12(15(16)17)11(13)7-9/h2-7H,8,13H2,1H3. The summed E-state index contributed by atoms with van der Waals surface area (Å²) in [5.74, 6) is 0. The molecular weight excluding hydrogens is 234 g/mol. The molecule has 2 rings (SSSR count). The van der Waals surface area contributed by atoms with Gasteiger partial charge in [-0.15, -0.1) is 0 Å². The van der Waals surface area contributed by atoms with Crippen LogP contribution in [0, 0.1) is 10.1 Å². The summed E-state index contributed by atoms with van der Waals surface area (Å²) >= 11 is 0. The first-order valence-electron chi connectivity index (χ1n) is 5.33. The van der Waals surface area contributed by atoms with Crippen LogP contribution < -0.4 is 5.73 Å². The first-order valence-corrected chi connectivity index (χ1v) is 5.33. The Morgan fingerprint density at radius 2 is 2.22 bits per heavy atom. The molecule has 6 heteroatoms. The molecule has 2 aromatic rings. The zero-order valence-electron chi connectivity index (χ0n) is 9.87. The first-order chi connectivity index (χ1) is 8.63. The second-order valence-electron chi connectivity index (χ2n) is 3.80. The molecule has 0 bridgehead atoms. The third kappa shape index (κ3) is 2.18. The number of ether oxygens (including phenoxy) is 1. The highest BCUT2D eigenvalue weighted by Gasteiger charge is 2.12. The van der Waals surface area contributed by atoms with Crippen molar-refractivity contribution in [1.82, 2.24) is 4.57 Å². The summed E-state index contributed by atoms with van der Waals surface area (Å²) in [5.41, 5.74) is 7.45. The number of anilines is 1. The van der Waals surface area contributed by atoms with Gasteiger partial charge in [-0.3, -0.25) is 10.1 Å². The molecule has 1 aromatic heterocycles. The molecule has 0 aliphatic rings. The highest BCUT2D eigenvalue weighted by molar-refractivity contribution is 5.62. The van der Waals surface area contributed by atoms with E-state index in [-0.39, 0.29) is 11.4 Å². The fourth-order valence-corrected chi connectivity index (χ4v) is 1.79. The Labute approximate surface area is 104 Å². The SMILES string of the molecule is COCc1cccn1-c1ccc([N+](=O)[O-])c(N)c1. The molecule has 0 aliphatic heterocycles. The molecule has 1 heterocycles. The van der Waals surface area contributed by atoms with E-state index in [1.54, 1.807) is 19.2 Å². The molecule has 0 saturated heterocycles. The molecule has 18 heavy (non-hydrogen) atoms. The minimum absolute atomic E-state index is 0.0841. The van der Waals surface area contributed by atoms with Crippen molar-refractivity contribution in [3.63, 3.8) is 0 Å². The quantitative estimate of drug-likeness (QED) is 0.509. The lowest BCUT2D eigenvalue weighted by Crippen LogP contribution is -2.02. The van der Waals surface area contributed by atoms with E-state index in [2.05, 4.69) is 0 Å². The van der Waals surface area contributed by atoms with E-state index in [0.29, 0.717) is 6.61 Å². The molecule has 0 unspecified atom stereocenters. The molecule has 2 N–H and O–H groups in total. The summed E-state index contributed by atoms with van der Waals surface area (Å²) in [6, 6.07) is 8.44. The van der Waals surface area contributed by atoms with Crippen molar-refractivity contribution in [3.8, 4) is 5.69 Å². The fourth-order valence-electron chi connectivity index (χ4n) is 1.79. The van der Waals surface area contributed by atoms with Crippen LogP contribution >= 0.6 is 0 Å². The molecule has 6 nitrogen and oxygen atoms in total. The van der Waals surface area contributed by atoms with E-state index < -0.39 is 4.92 Å².